The number of rotatable bonds is 7. The molecule has 0 aliphatic carbocycles. The Morgan fingerprint density at radius 2 is 2.31 bits per heavy atom. The minimum Gasteiger partial charge on any atom is -0.356 e. The van der Waals surface area contributed by atoms with E-state index in [2.05, 4.69) is 12.2 Å². The molecule has 4 heteroatoms. The molecule has 0 bridgehead atoms. The molecule has 13 heavy (non-hydrogen) atoms. The van der Waals surface area contributed by atoms with Gasteiger partial charge in [0.25, 0.3) is 0 Å². The Morgan fingerprint density at radius 1 is 1.62 bits per heavy atom. The molecule has 0 saturated carbocycles. The van der Waals surface area contributed by atoms with Crippen LogP contribution in [-0.4, -0.2) is 30.0 Å². The maximum Gasteiger partial charge on any atom is 0.220 e. The van der Waals surface area contributed by atoms with Crippen LogP contribution in [0.4, 0.5) is 0 Å². The molecule has 0 rings (SSSR count). The molecule has 0 aromatic rings. The summed E-state index contributed by atoms with van der Waals surface area (Å²) in [5.74, 6) is 1.04. The second-order valence-electron chi connectivity index (χ2n) is 2.96. The average Bonchev–Trinajstić information content (AvgIpc) is 2.05. The number of nitrogens with two attached hydrogens (primary N) is 1. The number of amides is 1. The van der Waals surface area contributed by atoms with Gasteiger partial charge in [-0.25, -0.2) is 0 Å². The second-order valence-corrected chi connectivity index (χ2v) is 4.51. The van der Waals surface area contributed by atoms with Crippen molar-refractivity contribution in [1.82, 2.24) is 5.32 Å². The van der Waals surface area contributed by atoms with Crippen molar-refractivity contribution in [2.75, 3.05) is 18.8 Å². The molecule has 0 fully saturated rings. The van der Waals surface area contributed by atoms with Crippen LogP contribution in [0.1, 0.15) is 26.7 Å². The molecule has 0 radical (unpaired) electrons. The Labute approximate surface area is 84.8 Å². The van der Waals surface area contributed by atoms with Crippen LogP contribution in [0, 0.1) is 0 Å². The van der Waals surface area contributed by atoms with Gasteiger partial charge >= 0.3 is 0 Å². The van der Waals surface area contributed by atoms with E-state index in [1.165, 1.54) is 0 Å². The molecule has 1 amide bonds. The van der Waals surface area contributed by atoms with Crippen LogP contribution >= 0.6 is 11.8 Å². The molecule has 0 heterocycles. The minimum absolute atomic E-state index is 0.148. The van der Waals surface area contributed by atoms with E-state index in [9.17, 15) is 4.79 Å². The molecule has 3 N–H and O–H groups in total. The van der Waals surface area contributed by atoms with Crippen molar-refractivity contribution >= 4 is 17.7 Å². The molecule has 78 valence electrons. The van der Waals surface area contributed by atoms with Gasteiger partial charge in [-0.15, -0.1) is 0 Å². The van der Waals surface area contributed by atoms with E-state index < -0.39 is 0 Å². The van der Waals surface area contributed by atoms with Crippen LogP contribution in [0.5, 0.6) is 0 Å². The second kappa shape index (κ2) is 8.38. The summed E-state index contributed by atoms with van der Waals surface area (Å²) in [5.41, 5.74) is 5.42. The van der Waals surface area contributed by atoms with Crippen molar-refractivity contribution in [2.45, 2.75) is 31.9 Å². The average molecular weight is 204 g/mol. The largest absolute Gasteiger partial charge is 0.356 e. The zero-order chi connectivity index (χ0) is 10.1. The van der Waals surface area contributed by atoms with Crippen LogP contribution in [0.25, 0.3) is 0 Å². The lowest BCUT2D eigenvalue weighted by atomic mass is 10.3. The van der Waals surface area contributed by atoms with Gasteiger partial charge in [-0.3, -0.25) is 4.79 Å². The van der Waals surface area contributed by atoms with Crippen molar-refractivity contribution in [3.8, 4) is 0 Å². The first-order chi connectivity index (χ1) is 6.20. The summed E-state index contributed by atoms with van der Waals surface area (Å²) in [4.78, 5) is 11.0. The standard InChI is InChI=1S/C9H20N2OS/c1-3-11-9(12)5-7-13-8(2)4-6-10/h8H,3-7,10H2,1-2H3,(H,11,12). The highest BCUT2D eigenvalue weighted by Gasteiger charge is 2.03. The summed E-state index contributed by atoms with van der Waals surface area (Å²) in [6, 6.07) is 0. The predicted molar refractivity (Wildman–Crippen MR) is 58.9 cm³/mol. The van der Waals surface area contributed by atoms with E-state index in [1.54, 1.807) is 0 Å². The lowest BCUT2D eigenvalue weighted by molar-refractivity contribution is -0.120. The van der Waals surface area contributed by atoms with Crippen molar-refractivity contribution in [3.05, 3.63) is 0 Å². The molecule has 0 spiro atoms. The lowest BCUT2D eigenvalue weighted by Crippen LogP contribution is -2.23. The van der Waals surface area contributed by atoms with E-state index in [0.717, 1.165) is 25.3 Å². The first-order valence-corrected chi connectivity index (χ1v) is 5.84. The Kier molecular flexibility index (Phi) is 8.24. The number of nitrogens with one attached hydrogen (secondary N) is 1. The van der Waals surface area contributed by atoms with Gasteiger partial charge in [-0.2, -0.15) is 11.8 Å². The van der Waals surface area contributed by atoms with Gasteiger partial charge in [0.1, 0.15) is 0 Å². The summed E-state index contributed by atoms with van der Waals surface area (Å²) in [6.07, 6.45) is 1.65. The molecule has 0 aromatic carbocycles. The van der Waals surface area contributed by atoms with Gasteiger partial charge in [-0.1, -0.05) is 6.92 Å². The van der Waals surface area contributed by atoms with Crippen molar-refractivity contribution < 1.29 is 4.79 Å². The van der Waals surface area contributed by atoms with Gasteiger partial charge in [0.15, 0.2) is 0 Å². The van der Waals surface area contributed by atoms with E-state index >= 15 is 0 Å². The topological polar surface area (TPSA) is 55.1 Å². The third-order valence-corrected chi connectivity index (χ3v) is 2.92. The first kappa shape index (κ1) is 12.8. The van der Waals surface area contributed by atoms with Crippen LogP contribution in [0.2, 0.25) is 0 Å². The molecule has 0 aliphatic heterocycles. The van der Waals surface area contributed by atoms with Crippen molar-refractivity contribution in [1.29, 1.82) is 0 Å². The van der Waals surface area contributed by atoms with E-state index in [1.807, 2.05) is 18.7 Å². The highest BCUT2D eigenvalue weighted by Crippen LogP contribution is 2.13. The summed E-state index contributed by atoms with van der Waals surface area (Å²) in [5, 5.41) is 3.34. The van der Waals surface area contributed by atoms with Crippen LogP contribution in [0.3, 0.4) is 0 Å². The molecule has 0 aliphatic rings. The Balaban J connectivity index is 3.28. The Bertz CT molecular complexity index is 142. The highest BCUT2D eigenvalue weighted by atomic mass is 32.2. The number of hydrogen-bond acceptors (Lipinski definition) is 3. The maximum absolute atomic E-state index is 11.0. The summed E-state index contributed by atoms with van der Waals surface area (Å²) >= 11 is 1.81. The summed E-state index contributed by atoms with van der Waals surface area (Å²) < 4.78 is 0. The van der Waals surface area contributed by atoms with Crippen molar-refractivity contribution in [3.63, 3.8) is 0 Å². The third kappa shape index (κ3) is 8.12. The Hall–Kier alpha value is -0.220. The predicted octanol–water partition coefficient (Wildman–Crippen LogP) is 0.983. The minimum atomic E-state index is 0.148. The number of thioether (sulfide) groups is 1. The van der Waals surface area contributed by atoms with Crippen LogP contribution in [-0.2, 0) is 4.79 Å². The lowest BCUT2D eigenvalue weighted by Gasteiger charge is -2.08. The van der Waals surface area contributed by atoms with E-state index in [-0.39, 0.29) is 5.91 Å². The fourth-order valence-electron chi connectivity index (χ4n) is 0.956. The third-order valence-electron chi connectivity index (χ3n) is 1.68. The van der Waals surface area contributed by atoms with Gasteiger partial charge in [-0.05, 0) is 19.9 Å². The summed E-state index contributed by atoms with van der Waals surface area (Å²) in [7, 11) is 0. The van der Waals surface area contributed by atoms with E-state index in [4.69, 9.17) is 5.73 Å². The fourth-order valence-corrected chi connectivity index (χ4v) is 1.96. The normalized spacial score (nSPS) is 12.5. The SMILES string of the molecule is CCNC(=O)CCSC(C)CCN. The molecular weight excluding hydrogens is 184 g/mol. The van der Waals surface area contributed by atoms with Gasteiger partial charge in [0.05, 0.1) is 0 Å². The monoisotopic (exact) mass is 204 g/mol. The number of carbonyl (C=O) groups is 1. The molecule has 1 unspecified atom stereocenters. The first-order valence-electron chi connectivity index (χ1n) is 4.79. The zero-order valence-electron chi connectivity index (χ0n) is 8.51. The van der Waals surface area contributed by atoms with Gasteiger partial charge < -0.3 is 11.1 Å². The summed E-state index contributed by atoms with van der Waals surface area (Å²) in [6.45, 7) is 5.54. The molecule has 1 atom stereocenters. The van der Waals surface area contributed by atoms with Crippen LogP contribution < -0.4 is 11.1 Å². The fraction of sp³-hybridized carbons (Fsp3) is 0.889. The number of hydrogen-bond donors (Lipinski definition) is 2. The van der Waals surface area contributed by atoms with Gasteiger partial charge in [0.2, 0.25) is 5.91 Å². The quantitative estimate of drug-likeness (QED) is 0.650. The van der Waals surface area contributed by atoms with Gasteiger partial charge in [0, 0.05) is 24.0 Å². The Morgan fingerprint density at radius 3 is 2.85 bits per heavy atom. The molecule has 0 aromatic heterocycles. The van der Waals surface area contributed by atoms with E-state index in [0.29, 0.717) is 11.7 Å². The van der Waals surface area contributed by atoms with Crippen molar-refractivity contribution in [2.24, 2.45) is 5.73 Å². The smallest absolute Gasteiger partial charge is 0.220 e. The zero-order valence-corrected chi connectivity index (χ0v) is 9.32. The van der Waals surface area contributed by atoms with Crippen LogP contribution in [0.15, 0.2) is 0 Å². The molecule has 3 nitrogen and oxygen atoms in total. The maximum atomic E-state index is 11.0. The number of carbonyl (C=O) groups excluding carboxylic acids is 1. The molecular formula is C9H20N2OS. The molecule has 0 saturated heterocycles. The highest BCUT2D eigenvalue weighted by molar-refractivity contribution is 7.99.